The van der Waals surface area contributed by atoms with E-state index in [1.807, 2.05) is 6.92 Å². The quantitative estimate of drug-likeness (QED) is 0.807. The van der Waals surface area contributed by atoms with Gasteiger partial charge in [0.15, 0.2) is 0 Å². The standard InChI is InChI=1S/C13H17N3/c1-9-14-12-7-6-11(8-13(12)15-9)16-10-4-2-3-5-10/h6-8,10,16H,2-5H2,1H3,(H,14,15). The van der Waals surface area contributed by atoms with Gasteiger partial charge < -0.3 is 10.3 Å². The number of nitrogens with zero attached hydrogens (tertiary/aromatic N) is 1. The molecule has 1 aromatic heterocycles. The molecule has 0 radical (unpaired) electrons. The number of H-pyrrole nitrogens is 1. The topological polar surface area (TPSA) is 40.7 Å². The number of aryl methyl sites for hydroxylation is 1. The Morgan fingerprint density at radius 3 is 2.94 bits per heavy atom. The maximum Gasteiger partial charge on any atom is 0.104 e. The molecule has 0 saturated heterocycles. The second-order valence-corrected chi connectivity index (χ2v) is 4.68. The fraction of sp³-hybridized carbons (Fsp3) is 0.462. The van der Waals surface area contributed by atoms with Crippen molar-refractivity contribution >= 4 is 16.7 Å². The van der Waals surface area contributed by atoms with Gasteiger partial charge >= 0.3 is 0 Å². The lowest BCUT2D eigenvalue weighted by molar-refractivity contribution is 0.756. The fourth-order valence-electron chi connectivity index (χ4n) is 2.53. The summed E-state index contributed by atoms with van der Waals surface area (Å²) < 4.78 is 0. The third-order valence-electron chi connectivity index (χ3n) is 3.33. The molecule has 1 aliphatic rings. The predicted molar refractivity (Wildman–Crippen MR) is 66.7 cm³/mol. The van der Waals surface area contributed by atoms with Crippen LogP contribution in [0.5, 0.6) is 0 Å². The number of benzene rings is 1. The summed E-state index contributed by atoms with van der Waals surface area (Å²) >= 11 is 0. The first-order valence-electron chi connectivity index (χ1n) is 6.04. The minimum absolute atomic E-state index is 0.668. The van der Waals surface area contributed by atoms with Crippen LogP contribution in [0.1, 0.15) is 31.5 Å². The van der Waals surface area contributed by atoms with Gasteiger partial charge in [-0.1, -0.05) is 12.8 Å². The summed E-state index contributed by atoms with van der Waals surface area (Å²) in [6.07, 6.45) is 5.34. The maximum atomic E-state index is 4.40. The SMILES string of the molecule is Cc1nc2ccc(NC3CCCC3)cc2[nH]1. The van der Waals surface area contributed by atoms with Gasteiger partial charge in [0.25, 0.3) is 0 Å². The summed E-state index contributed by atoms with van der Waals surface area (Å²) in [6.45, 7) is 1.99. The number of nitrogens with one attached hydrogen (secondary N) is 2. The van der Waals surface area contributed by atoms with Crippen LogP contribution in [0.4, 0.5) is 5.69 Å². The van der Waals surface area contributed by atoms with Crippen molar-refractivity contribution in [1.29, 1.82) is 0 Å². The van der Waals surface area contributed by atoms with Crippen molar-refractivity contribution in [2.75, 3.05) is 5.32 Å². The number of aromatic amines is 1. The Kier molecular flexibility index (Phi) is 2.31. The van der Waals surface area contributed by atoms with E-state index in [-0.39, 0.29) is 0 Å². The molecular formula is C13H17N3. The minimum atomic E-state index is 0.668. The van der Waals surface area contributed by atoms with Gasteiger partial charge in [-0.05, 0) is 38.0 Å². The second kappa shape index (κ2) is 3.81. The zero-order chi connectivity index (χ0) is 11.0. The van der Waals surface area contributed by atoms with Crippen LogP contribution in [0.15, 0.2) is 18.2 Å². The van der Waals surface area contributed by atoms with Crippen LogP contribution in [0.2, 0.25) is 0 Å². The first-order chi connectivity index (χ1) is 7.81. The minimum Gasteiger partial charge on any atom is -0.382 e. The van der Waals surface area contributed by atoms with Crippen LogP contribution < -0.4 is 5.32 Å². The van der Waals surface area contributed by atoms with Crippen molar-refractivity contribution in [2.24, 2.45) is 0 Å². The number of hydrogen-bond acceptors (Lipinski definition) is 2. The normalized spacial score (nSPS) is 17.1. The molecule has 1 fully saturated rings. The molecule has 3 heteroatoms. The Morgan fingerprint density at radius 1 is 1.31 bits per heavy atom. The Morgan fingerprint density at radius 2 is 2.12 bits per heavy atom. The molecular weight excluding hydrogens is 198 g/mol. The summed E-state index contributed by atoms with van der Waals surface area (Å²) in [6, 6.07) is 7.03. The largest absolute Gasteiger partial charge is 0.382 e. The second-order valence-electron chi connectivity index (χ2n) is 4.68. The van der Waals surface area contributed by atoms with Gasteiger partial charge in [-0.2, -0.15) is 0 Å². The molecule has 1 aromatic carbocycles. The van der Waals surface area contributed by atoms with Gasteiger partial charge in [0.2, 0.25) is 0 Å². The molecule has 0 unspecified atom stereocenters. The van der Waals surface area contributed by atoms with Gasteiger partial charge in [-0.3, -0.25) is 0 Å². The zero-order valence-electron chi connectivity index (χ0n) is 9.59. The van der Waals surface area contributed by atoms with Gasteiger partial charge in [0.05, 0.1) is 11.0 Å². The molecule has 1 saturated carbocycles. The van der Waals surface area contributed by atoms with E-state index in [0.29, 0.717) is 6.04 Å². The van der Waals surface area contributed by atoms with E-state index < -0.39 is 0 Å². The summed E-state index contributed by atoms with van der Waals surface area (Å²) in [5, 5.41) is 3.59. The Hall–Kier alpha value is -1.51. The van der Waals surface area contributed by atoms with Crippen molar-refractivity contribution in [2.45, 2.75) is 38.6 Å². The lowest BCUT2D eigenvalue weighted by atomic mass is 10.2. The fourth-order valence-corrected chi connectivity index (χ4v) is 2.53. The van der Waals surface area contributed by atoms with E-state index in [2.05, 4.69) is 33.5 Å². The predicted octanol–water partition coefficient (Wildman–Crippen LogP) is 3.23. The lowest BCUT2D eigenvalue weighted by Gasteiger charge is -2.13. The first kappa shape index (κ1) is 9.70. The van der Waals surface area contributed by atoms with Crippen molar-refractivity contribution in [1.82, 2.24) is 9.97 Å². The third-order valence-corrected chi connectivity index (χ3v) is 3.33. The van der Waals surface area contributed by atoms with Crippen molar-refractivity contribution < 1.29 is 0 Å². The van der Waals surface area contributed by atoms with Gasteiger partial charge in [0, 0.05) is 11.7 Å². The first-order valence-corrected chi connectivity index (χ1v) is 6.04. The van der Waals surface area contributed by atoms with Crippen molar-refractivity contribution in [3.05, 3.63) is 24.0 Å². The zero-order valence-corrected chi connectivity index (χ0v) is 9.59. The third kappa shape index (κ3) is 1.77. The number of anilines is 1. The summed E-state index contributed by atoms with van der Waals surface area (Å²) in [5.41, 5.74) is 3.39. The van der Waals surface area contributed by atoms with Crippen LogP contribution >= 0.6 is 0 Å². The smallest absolute Gasteiger partial charge is 0.104 e. The lowest BCUT2D eigenvalue weighted by Crippen LogP contribution is -2.14. The highest BCUT2D eigenvalue weighted by atomic mass is 14.9. The van der Waals surface area contributed by atoms with E-state index in [0.717, 1.165) is 16.9 Å². The van der Waals surface area contributed by atoms with E-state index in [1.54, 1.807) is 0 Å². The van der Waals surface area contributed by atoms with Crippen LogP contribution in [0, 0.1) is 6.92 Å². The summed E-state index contributed by atoms with van der Waals surface area (Å²) in [5.74, 6) is 0.980. The summed E-state index contributed by atoms with van der Waals surface area (Å²) in [7, 11) is 0. The highest BCUT2D eigenvalue weighted by molar-refractivity contribution is 5.79. The van der Waals surface area contributed by atoms with Crippen LogP contribution in [0.25, 0.3) is 11.0 Å². The number of imidazole rings is 1. The molecule has 3 rings (SSSR count). The molecule has 0 atom stereocenters. The Bertz CT molecular complexity index is 495. The maximum absolute atomic E-state index is 4.40. The van der Waals surface area contributed by atoms with Gasteiger partial charge in [0.1, 0.15) is 5.82 Å². The molecule has 2 N–H and O–H groups in total. The number of aromatic nitrogens is 2. The highest BCUT2D eigenvalue weighted by Crippen LogP contribution is 2.24. The molecule has 1 heterocycles. The van der Waals surface area contributed by atoms with Crippen molar-refractivity contribution in [3.8, 4) is 0 Å². The van der Waals surface area contributed by atoms with Crippen molar-refractivity contribution in [3.63, 3.8) is 0 Å². The van der Waals surface area contributed by atoms with E-state index >= 15 is 0 Å². The molecule has 0 amide bonds. The van der Waals surface area contributed by atoms with E-state index in [9.17, 15) is 0 Å². The monoisotopic (exact) mass is 215 g/mol. The molecule has 0 spiro atoms. The number of fused-ring (bicyclic) bond motifs is 1. The molecule has 0 aliphatic heterocycles. The highest BCUT2D eigenvalue weighted by Gasteiger charge is 2.14. The molecule has 84 valence electrons. The molecule has 2 aromatic rings. The average Bonchev–Trinajstić information content (AvgIpc) is 2.85. The van der Waals surface area contributed by atoms with E-state index in [1.165, 1.54) is 31.4 Å². The van der Waals surface area contributed by atoms with Crippen LogP contribution in [-0.4, -0.2) is 16.0 Å². The molecule has 16 heavy (non-hydrogen) atoms. The van der Waals surface area contributed by atoms with E-state index in [4.69, 9.17) is 0 Å². The van der Waals surface area contributed by atoms with Crippen LogP contribution in [0.3, 0.4) is 0 Å². The van der Waals surface area contributed by atoms with Gasteiger partial charge in [-0.15, -0.1) is 0 Å². The number of hydrogen-bond donors (Lipinski definition) is 2. The average molecular weight is 215 g/mol. The summed E-state index contributed by atoms with van der Waals surface area (Å²) in [4.78, 5) is 7.68. The Balaban J connectivity index is 1.86. The molecule has 3 nitrogen and oxygen atoms in total. The van der Waals surface area contributed by atoms with Gasteiger partial charge in [-0.25, -0.2) is 4.98 Å². The number of rotatable bonds is 2. The molecule has 1 aliphatic carbocycles. The Labute approximate surface area is 95.3 Å². The van der Waals surface area contributed by atoms with Crippen LogP contribution in [-0.2, 0) is 0 Å². The molecule has 0 bridgehead atoms.